The molecule has 1 aromatic carbocycles. The van der Waals surface area contributed by atoms with Gasteiger partial charge in [0.05, 0.1) is 17.9 Å². The summed E-state index contributed by atoms with van der Waals surface area (Å²) in [4.78, 5) is 26.9. The van der Waals surface area contributed by atoms with Crippen molar-refractivity contribution in [2.75, 3.05) is 5.32 Å². The number of rotatable bonds is 6. The molecule has 0 aliphatic heterocycles. The van der Waals surface area contributed by atoms with Crippen molar-refractivity contribution >= 4 is 45.4 Å². The van der Waals surface area contributed by atoms with Crippen LogP contribution in [0.2, 0.25) is 0 Å². The Kier molecular flexibility index (Phi) is 5.72. The molecule has 30 heavy (non-hydrogen) atoms. The van der Waals surface area contributed by atoms with Crippen molar-refractivity contribution in [3.05, 3.63) is 53.2 Å². The lowest BCUT2D eigenvalue weighted by atomic mass is 9.95. The maximum Gasteiger partial charge on any atom is 0.341 e. The van der Waals surface area contributed by atoms with Gasteiger partial charge in [-0.15, -0.1) is 11.3 Å². The van der Waals surface area contributed by atoms with E-state index in [9.17, 15) is 9.59 Å². The normalized spacial score (nSPS) is 13.3. The number of thiophene rings is 1. The molecule has 7 heteroatoms. The molecule has 4 rings (SSSR count). The minimum Gasteiger partial charge on any atom is -0.459 e. The van der Waals surface area contributed by atoms with Gasteiger partial charge in [-0.3, -0.25) is 4.79 Å². The second-order valence-electron chi connectivity index (χ2n) is 7.74. The second kappa shape index (κ2) is 8.44. The zero-order valence-electron chi connectivity index (χ0n) is 17.3. The maximum absolute atomic E-state index is 12.9. The van der Waals surface area contributed by atoms with E-state index in [0.29, 0.717) is 10.6 Å². The molecule has 156 valence electrons. The van der Waals surface area contributed by atoms with Crippen LogP contribution in [0.3, 0.4) is 0 Å². The van der Waals surface area contributed by atoms with Crippen LogP contribution in [-0.4, -0.2) is 22.5 Å². The van der Waals surface area contributed by atoms with Gasteiger partial charge in [0.15, 0.2) is 17.6 Å². The van der Waals surface area contributed by atoms with Crippen LogP contribution in [0.15, 0.2) is 37.2 Å². The van der Waals surface area contributed by atoms with E-state index in [4.69, 9.17) is 4.74 Å². The van der Waals surface area contributed by atoms with Crippen LogP contribution >= 0.6 is 11.3 Å². The third-order valence-electron chi connectivity index (χ3n) is 5.21. The van der Waals surface area contributed by atoms with E-state index in [1.165, 1.54) is 16.2 Å². The number of imidazole rings is 1. The number of esters is 1. The fourth-order valence-corrected chi connectivity index (χ4v) is 5.23. The molecule has 0 fully saturated rings. The molecule has 2 heterocycles. The molecule has 0 bridgehead atoms. The van der Waals surface area contributed by atoms with Crippen molar-refractivity contribution in [3.8, 4) is 0 Å². The van der Waals surface area contributed by atoms with E-state index in [-0.39, 0.29) is 24.5 Å². The Morgan fingerprint density at radius 3 is 2.83 bits per heavy atom. The Bertz CT molecular complexity index is 1130. The minimum absolute atomic E-state index is 0.141. The third-order valence-corrected chi connectivity index (χ3v) is 6.42. The van der Waals surface area contributed by atoms with Gasteiger partial charge in [0.2, 0.25) is 6.33 Å². The lowest BCUT2D eigenvalue weighted by molar-refractivity contribution is -0.658. The predicted molar refractivity (Wildman–Crippen MR) is 119 cm³/mol. The topological polar surface area (TPSA) is 64.2 Å². The number of hydrogen-bond acceptors (Lipinski definition) is 4. The number of aromatic nitrogens is 2. The first kappa shape index (κ1) is 20.3. The van der Waals surface area contributed by atoms with Crippen molar-refractivity contribution in [2.24, 2.45) is 0 Å². The third kappa shape index (κ3) is 3.89. The SMILES string of the molecule is C=Cn1c[n+](CC(=O)Nc2sc3c(c2C(=O)OC(C)C)CCCC3)c2ccccc21. The molecular formula is C23H26N3O3S+. The number of aryl methyl sites for hydroxylation is 1. The zero-order valence-corrected chi connectivity index (χ0v) is 18.1. The number of nitrogens with one attached hydrogen (secondary N) is 1. The van der Waals surface area contributed by atoms with Crippen molar-refractivity contribution in [1.82, 2.24) is 4.57 Å². The number of ether oxygens (including phenoxy) is 1. The summed E-state index contributed by atoms with van der Waals surface area (Å²) in [5.41, 5.74) is 3.50. The van der Waals surface area contributed by atoms with Crippen LogP contribution in [0, 0.1) is 0 Å². The van der Waals surface area contributed by atoms with Gasteiger partial charge in [0, 0.05) is 4.88 Å². The van der Waals surface area contributed by atoms with E-state index >= 15 is 0 Å². The summed E-state index contributed by atoms with van der Waals surface area (Å²) >= 11 is 1.51. The molecule has 0 spiro atoms. The maximum atomic E-state index is 12.9. The van der Waals surface area contributed by atoms with E-state index in [1.807, 2.05) is 53.6 Å². The number of para-hydroxylation sites is 2. The summed E-state index contributed by atoms with van der Waals surface area (Å²) in [6.45, 7) is 7.64. The standard InChI is InChI=1S/C23H25N3O3S/c1-4-25-14-26(18-11-7-6-10-17(18)25)13-20(27)24-22-21(23(28)29-15(2)3)16-9-5-8-12-19(16)30-22/h4,6-7,10-11,14-15H,1,5,8-9,12-13H2,2-3H3/p+1. The summed E-state index contributed by atoms with van der Waals surface area (Å²) in [7, 11) is 0. The molecule has 0 radical (unpaired) electrons. The Labute approximate surface area is 179 Å². The fraction of sp³-hybridized carbons (Fsp3) is 0.348. The van der Waals surface area contributed by atoms with E-state index in [2.05, 4.69) is 11.9 Å². The monoisotopic (exact) mass is 424 g/mol. The Balaban J connectivity index is 1.61. The number of carbonyl (C=O) groups excluding carboxylic acids is 2. The second-order valence-corrected chi connectivity index (χ2v) is 8.84. The lowest BCUT2D eigenvalue weighted by Crippen LogP contribution is -2.39. The molecule has 1 amide bonds. The van der Waals surface area contributed by atoms with Crippen LogP contribution in [0.1, 0.15) is 47.5 Å². The smallest absolute Gasteiger partial charge is 0.341 e. The number of hydrogen-bond donors (Lipinski definition) is 1. The van der Waals surface area contributed by atoms with E-state index < -0.39 is 0 Å². The first-order chi connectivity index (χ1) is 14.5. The Morgan fingerprint density at radius 1 is 1.30 bits per heavy atom. The lowest BCUT2D eigenvalue weighted by Gasteiger charge is -2.14. The summed E-state index contributed by atoms with van der Waals surface area (Å²) in [6.07, 6.45) is 7.31. The van der Waals surface area contributed by atoms with Gasteiger partial charge in [0.25, 0.3) is 5.91 Å². The highest BCUT2D eigenvalue weighted by Gasteiger charge is 2.28. The van der Waals surface area contributed by atoms with Crippen molar-refractivity contribution in [3.63, 3.8) is 0 Å². The molecule has 3 aromatic rings. The van der Waals surface area contributed by atoms with Gasteiger partial charge in [-0.25, -0.2) is 13.9 Å². The molecule has 6 nitrogen and oxygen atoms in total. The molecule has 1 N–H and O–H groups in total. The van der Waals surface area contributed by atoms with Crippen LogP contribution in [0.25, 0.3) is 17.2 Å². The van der Waals surface area contributed by atoms with Crippen molar-refractivity contribution in [1.29, 1.82) is 0 Å². The van der Waals surface area contributed by atoms with Crippen LogP contribution < -0.4 is 9.88 Å². The van der Waals surface area contributed by atoms with Gasteiger partial charge in [-0.1, -0.05) is 18.7 Å². The number of anilines is 1. The Hall–Kier alpha value is -2.93. The first-order valence-corrected chi connectivity index (χ1v) is 11.1. The number of carbonyl (C=O) groups is 2. The molecule has 1 aliphatic rings. The summed E-state index contributed by atoms with van der Waals surface area (Å²) in [5, 5.41) is 3.59. The summed E-state index contributed by atoms with van der Waals surface area (Å²) in [6, 6.07) is 7.85. The van der Waals surface area contributed by atoms with Gasteiger partial charge in [-0.05, 0) is 57.2 Å². The largest absolute Gasteiger partial charge is 0.459 e. The van der Waals surface area contributed by atoms with Gasteiger partial charge >= 0.3 is 5.97 Å². The molecular weight excluding hydrogens is 398 g/mol. The predicted octanol–water partition coefficient (Wildman–Crippen LogP) is 4.17. The quantitative estimate of drug-likeness (QED) is 0.477. The van der Waals surface area contributed by atoms with Crippen LogP contribution in [0.5, 0.6) is 0 Å². The van der Waals surface area contributed by atoms with E-state index in [0.717, 1.165) is 42.3 Å². The number of benzene rings is 1. The average Bonchev–Trinajstić information content (AvgIpc) is 3.25. The highest BCUT2D eigenvalue weighted by Crippen LogP contribution is 2.38. The molecule has 2 aromatic heterocycles. The minimum atomic E-state index is -0.351. The number of nitrogens with zero attached hydrogens (tertiary/aromatic N) is 2. The Morgan fingerprint density at radius 2 is 2.07 bits per heavy atom. The van der Waals surface area contributed by atoms with E-state index in [1.54, 1.807) is 6.20 Å². The summed E-state index contributed by atoms with van der Waals surface area (Å²) in [5.74, 6) is -0.528. The first-order valence-electron chi connectivity index (χ1n) is 10.2. The van der Waals surface area contributed by atoms with Gasteiger partial charge < -0.3 is 10.1 Å². The van der Waals surface area contributed by atoms with Crippen LogP contribution in [-0.2, 0) is 28.9 Å². The number of fused-ring (bicyclic) bond motifs is 2. The molecule has 1 aliphatic carbocycles. The van der Waals surface area contributed by atoms with Crippen LogP contribution in [0.4, 0.5) is 5.00 Å². The molecule has 0 atom stereocenters. The van der Waals surface area contributed by atoms with Gasteiger partial charge in [0.1, 0.15) is 5.00 Å². The van der Waals surface area contributed by atoms with Crippen molar-refractivity contribution in [2.45, 2.75) is 52.2 Å². The fourth-order valence-electron chi connectivity index (χ4n) is 3.94. The van der Waals surface area contributed by atoms with Crippen molar-refractivity contribution < 1.29 is 18.9 Å². The summed E-state index contributed by atoms with van der Waals surface area (Å²) < 4.78 is 9.24. The highest BCUT2D eigenvalue weighted by molar-refractivity contribution is 7.17. The molecule has 0 saturated carbocycles. The number of amides is 1. The molecule has 0 unspecified atom stereocenters. The van der Waals surface area contributed by atoms with Gasteiger partial charge in [-0.2, -0.15) is 0 Å². The zero-order chi connectivity index (χ0) is 21.3. The molecule has 0 saturated heterocycles. The average molecular weight is 425 g/mol. The highest BCUT2D eigenvalue weighted by atomic mass is 32.1.